The van der Waals surface area contributed by atoms with Crippen LogP contribution in [-0.4, -0.2) is 85.0 Å². The van der Waals surface area contributed by atoms with Gasteiger partial charge >= 0.3 is 0 Å². The Labute approximate surface area is 256 Å². The van der Waals surface area contributed by atoms with E-state index in [2.05, 4.69) is 52.3 Å². The standard InChI is InChI=1S/C36H44N4O3/c41-35-17-14-30-10-4-5-11-34(30)40(35)32-18-21-39(22-19-32)36(42)31-12-15-33(16-13-31)43-27-7-6-20-37-23-25-38(26-24-37)28-29-8-2-1-3-9-29/h1-5,8-13,15-16,32H,6-7,14,17-28H2. The Kier molecular flexibility index (Phi) is 9.70. The second-order valence-corrected chi connectivity index (χ2v) is 12.1. The number of unbranched alkanes of at least 4 members (excludes halogenated alkanes) is 1. The summed E-state index contributed by atoms with van der Waals surface area (Å²) in [6.07, 6.45) is 5.13. The number of fused-ring (bicyclic) bond motifs is 1. The fraction of sp³-hybridized carbons (Fsp3) is 0.444. The molecule has 0 bridgehead atoms. The molecule has 3 heterocycles. The van der Waals surface area contributed by atoms with Crippen molar-refractivity contribution in [3.05, 3.63) is 95.6 Å². The van der Waals surface area contributed by atoms with E-state index in [0.717, 1.165) is 82.8 Å². The molecule has 0 radical (unpaired) electrons. The van der Waals surface area contributed by atoms with Crippen molar-refractivity contribution in [1.29, 1.82) is 0 Å². The molecule has 0 saturated carbocycles. The molecular formula is C36H44N4O3. The number of nitrogens with zero attached hydrogens (tertiary/aromatic N) is 4. The fourth-order valence-corrected chi connectivity index (χ4v) is 6.70. The molecule has 43 heavy (non-hydrogen) atoms. The topological polar surface area (TPSA) is 56.3 Å². The fourth-order valence-electron chi connectivity index (χ4n) is 6.70. The number of amides is 2. The van der Waals surface area contributed by atoms with E-state index >= 15 is 0 Å². The number of rotatable bonds is 10. The minimum atomic E-state index is 0.0548. The van der Waals surface area contributed by atoms with Gasteiger partial charge in [-0.3, -0.25) is 14.5 Å². The quantitative estimate of drug-likeness (QED) is 0.307. The lowest BCUT2D eigenvalue weighted by Gasteiger charge is -2.41. The van der Waals surface area contributed by atoms with Gasteiger partial charge in [0.05, 0.1) is 6.61 Å². The molecule has 7 nitrogen and oxygen atoms in total. The first-order valence-electron chi connectivity index (χ1n) is 16.0. The Morgan fingerprint density at radius 2 is 1.44 bits per heavy atom. The summed E-state index contributed by atoms with van der Waals surface area (Å²) >= 11 is 0. The maximum Gasteiger partial charge on any atom is 0.253 e. The molecular weight excluding hydrogens is 536 g/mol. The van der Waals surface area contributed by atoms with E-state index in [-0.39, 0.29) is 17.9 Å². The van der Waals surface area contributed by atoms with Crippen molar-refractivity contribution in [3.63, 3.8) is 0 Å². The molecule has 2 amide bonds. The third-order valence-corrected chi connectivity index (χ3v) is 9.20. The number of para-hydroxylation sites is 1. The molecule has 3 aromatic carbocycles. The molecule has 3 aromatic rings. The highest BCUT2D eigenvalue weighted by molar-refractivity contribution is 5.97. The van der Waals surface area contributed by atoms with E-state index < -0.39 is 0 Å². The van der Waals surface area contributed by atoms with E-state index in [1.165, 1.54) is 11.1 Å². The number of carbonyl (C=O) groups excluding carboxylic acids is 2. The van der Waals surface area contributed by atoms with E-state index in [1.807, 2.05) is 46.2 Å². The Balaban J connectivity index is 0.882. The molecule has 226 valence electrons. The van der Waals surface area contributed by atoms with Gasteiger partial charge in [0.1, 0.15) is 5.75 Å². The van der Waals surface area contributed by atoms with Crippen molar-refractivity contribution >= 4 is 17.5 Å². The molecule has 3 aliphatic heterocycles. The van der Waals surface area contributed by atoms with Gasteiger partial charge in [0.25, 0.3) is 5.91 Å². The van der Waals surface area contributed by atoms with E-state index in [0.29, 0.717) is 31.7 Å². The smallest absolute Gasteiger partial charge is 0.253 e. The average molecular weight is 581 g/mol. The van der Waals surface area contributed by atoms with Crippen molar-refractivity contribution in [3.8, 4) is 5.75 Å². The summed E-state index contributed by atoms with van der Waals surface area (Å²) in [7, 11) is 0. The lowest BCUT2D eigenvalue weighted by Crippen LogP contribution is -2.50. The van der Waals surface area contributed by atoms with Gasteiger partial charge in [-0.1, -0.05) is 48.5 Å². The Hall–Kier alpha value is -3.68. The first-order chi connectivity index (χ1) is 21.1. The van der Waals surface area contributed by atoms with Crippen molar-refractivity contribution in [1.82, 2.24) is 14.7 Å². The SMILES string of the molecule is O=C(c1ccc(OCCCCN2CCN(Cc3ccccc3)CC2)cc1)N1CCC(N2C(=O)CCc3ccccc32)CC1. The van der Waals surface area contributed by atoms with Crippen molar-refractivity contribution in [2.45, 2.75) is 51.1 Å². The van der Waals surface area contributed by atoms with Gasteiger partial charge in [-0.05, 0) is 80.1 Å². The van der Waals surface area contributed by atoms with Crippen LogP contribution in [0, 0.1) is 0 Å². The summed E-state index contributed by atoms with van der Waals surface area (Å²) in [5, 5.41) is 0. The van der Waals surface area contributed by atoms with E-state index in [4.69, 9.17) is 4.74 Å². The van der Waals surface area contributed by atoms with Crippen molar-refractivity contribution < 1.29 is 14.3 Å². The number of hydrogen-bond acceptors (Lipinski definition) is 5. The highest BCUT2D eigenvalue weighted by atomic mass is 16.5. The zero-order valence-corrected chi connectivity index (χ0v) is 25.2. The van der Waals surface area contributed by atoms with Crippen molar-refractivity contribution in [2.75, 3.05) is 57.3 Å². The van der Waals surface area contributed by atoms with Gasteiger partial charge in [0, 0.05) is 69.5 Å². The molecule has 0 atom stereocenters. The molecule has 2 saturated heterocycles. The summed E-state index contributed by atoms with van der Waals surface area (Å²) in [5.41, 5.74) is 4.38. The van der Waals surface area contributed by atoms with Gasteiger partial charge in [0.2, 0.25) is 5.91 Å². The second-order valence-electron chi connectivity index (χ2n) is 12.1. The maximum absolute atomic E-state index is 13.2. The van der Waals surface area contributed by atoms with Crippen LogP contribution in [0.3, 0.4) is 0 Å². The van der Waals surface area contributed by atoms with Crippen LogP contribution in [0.4, 0.5) is 5.69 Å². The van der Waals surface area contributed by atoms with Crippen LogP contribution in [0.1, 0.15) is 53.6 Å². The van der Waals surface area contributed by atoms with Crippen LogP contribution in [0.2, 0.25) is 0 Å². The monoisotopic (exact) mass is 580 g/mol. The number of likely N-dealkylation sites (tertiary alicyclic amines) is 1. The van der Waals surface area contributed by atoms with Gasteiger partial charge in [-0.15, -0.1) is 0 Å². The summed E-state index contributed by atoms with van der Waals surface area (Å²) in [4.78, 5) is 35.0. The van der Waals surface area contributed by atoms with Crippen LogP contribution in [0.25, 0.3) is 0 Å². The summed E-state index contributed by atoms with van der Waals surface area (Å²) in [5.74, 6) is 1.07. The maximum atomic E-state index is 13.2. The van der Waals surface area contributed by atoms with Crippen molar-refractivity contribution in [2.24, 2.45) is 0 Å². The summed E-state index contributed by atoms with van der Waals surface area (Å²) in [6, 6.07) is 26.7. The number of hydrogen-bond donors (Lipinski definition) is 0. The second kappa shape index (κ2) is 14.2. The molecule has 3 aliphatic rings. The van der Waals surface area contributed by atoms with Gasteiger partial charge in [-0.25, -0.2) is 0 Å². The minimum absolute atomic E-state index is 0.0548. The predicted octanol–water partition coefficient (Wildman–Crippen LogP) is 5.25. The minimum Gasteiger partial charge on any atom is -0.494 e. The largest absolute Gasteiger partial charge is 0.494 e. The molecule has 7 heteroatoms. The summed E-state index contributed by atoms with van der Waals surface area (Å²) in [6.45, 7) is 8.68. The third-order valence-electron chi connectivity index (χ3n) is 9.20. The number of aryl methyl sites for hydroxylation is 1. The van der Waals surface area contributed by atoms with Gasteiger partial charge < -0.3 is 19.4 Å². The Morgan fingerprint density at radius 3 is 2.21 bits per heavy atom. The molecule has 6 rings (SSSR count). The molecule has 0 aliphatic carbocycles. The molecule has 0 aromatic heterocycles. The highest BCUT2D eigenvalue weighted by Gasteiger charge is 2.33. The normalized spacial score (nSPS) is 18.5. The van der Waals surface area contributed by atoms with Crippen LogP contribution >= 0.6 is 0 Å². The van der Waals surface area contributed by atoms with Crippen LogP contribution in [0.15, 0.2) is 78.9 Å². The number of anilines is 1. The molecule has 0 spiro atoms. The number of piperazine rings is 1. The number of ether oxygens (including phenoxy) is 1. The predicted molar refractivity (Wildman–Crippen MR) is 171 cm³/mol. The zero-order valence-electron chi connectivity index (χ0n) is 25.2. The number of carbonyl (C=O) groups is 2. The Bertz CT molecular complexity index is 1350. The lowest BCUT2D eigenvalue weighted by atomic mass is 9.95. The molecule has 2 fully saturated rings. The number of piperidine rings is 1. The summed E-state index contributed by atoms with van der Waals surface area (Å²) < 4.78 is 5.99. The lowest BCUT2D eigenvalue weighted by molar-refractivity contribution is -0.119. The van der Waals surface area contributed by atoms with E-state index in [1.54, 1.807) is 0 Å². The zero-order chi connectivity index (χ0) is 29.4. The van der Waals surface area contributed by atoms with Crippen LogP contribution < -0.4 is 9.64 Å². The van der Waals surface area contributed by atoms with Crippen LogP contribution in [0.5, 0.6) is 5.75 Å². The number of benzene rings is 3. The first-order valence-corrected chi connectivity index (χ1v) is 16.0. The highest BCUT2D eigenvalue weighted by Crippen LogP contribution is 2.32. The first kappa shape index (κ1) is 29.4. The molecule has 0 unspecified atom stereocenters. The van der Waals surface area contributed by atoms with Gasteiger partial charge in [-0.2, -0.15) is 0 Å². The molecule has 0 N–H and O–H groups in total. The van der Waals surface area contributed by atoms with E-state index in [9.17, 15) is 9.59 Å². The van der Waals surface area contributed by atoms with Crippen LogP contribution in [-0.2, 0) is 17.8 Å². The average Bonchev–Trinajstić information content (AvgIpc) is 3.06. The third kappa shape index (κ3) is 7.46. The Morgan fingerprint density at radius 1 is 0.744 bits per heavy atom. The van der Waals surface area contributed by atoms with Gasteiger partial charge in [0.15, 0.2) is 0 Å².